The molecule has 0 amide bonds. The van der Waals surface area contributed by atoms with Gasteiger partial charge in [-0.3, -0.25) is 0 Å². The van der Waals surface area contributed by atoms with Crippen LogP contribution < -0.4 is 0 Å². The van der Waals surface area contributed by atoms with Gasteiger partial charge >= 0.3 is 0 Å². The Hall–Kier alpha value is -6.58. The topological polar surface area (TPSA) is 14.8 Å². The standard InChI is InChI=1S/C46H29N3/c1-2-14-32(15-3-1)47-41-19-9-7-17-36(41)39-28-40-37-18-8-11-21-43(37)49(46(40)29-45(39)47)34-24-25-44-38(27-34)35-16-6-10-20-42(35)48(44)33-23-22-30-12-4-5-13-31(30)26-33/h1-29H. The molecule has 0 atom stereocenters. The van der Waals surface area contributed by atoms with E-state index in [0.29, 0.717) is 0 Å². The van der Waals surface area contributed by atoms with E-state index < -0.39 is 0 Å². The van der Waals surface area contributed by atoms with Crippen LogP contribution in [0, 0.1) is 0 Å². The lowest BCUT2D eigenvalue weighted by Crippen LogP contribution is -1.96. The summed E-state index contributed by atoms with van der Waals surface area (Å²) in [6.45, 7) is 0. The molecule has 49 heavy (non-hydrogen) atoms. The first-order valence-corrected chi connectivity index (χ1v) is 16.9. The molecule has 3 heterocycles. The minimum absolute atomic E-state index is 1.15. The average molecular weight is 624 g/mol. The van der Waals surface area contributed by atoms with Gasteiger partial charge in [0.2, 0.25) is 0 Å². The molecule has 8 aromatic carbocycles. The third-order valence-electron chi connectivity index (χ3n) is 10.4. The molecule has 3 nitrogen and oxygen atoms in total. The number of para-hydroxylation sites is 4. The molecule has 0 N–H and O–H groups in total. The highest BCUT2D eigenvalue weighted by atomic mass is 15.0. The molecule has 0 aliphatic rings. The zero-order chi connectivity index (χ0) is 32.1. The summed E-state index contributed by atoms with van der Waals surface area (Å²) in [5.41, 5.74) is 10.7. The SMILES string of the molecule is c1ccc(-n2c3ccccc3c3cc4c5ccccc5n(-c5ccc6c(c5)c5ccccc5n6-c5ccc6ccccc6c5)c4cc32)cc1. The van der Waals surface area contributed by atoms with E-state index in [2.05, 4.69) is 190 Å². The van der Waals surface area contributed by atoms with Gasteiger partial charge in [-0.15, -0.1) is 0 Å². The van der Waals surface area contributed by atoms with E-state index in [1.807, 2.05) is 0 Å². The van der Waals surface area contributed by atoms with Gasteiger partial charge in [-0.2, -0.15) is 0 Å². The summed E-state index contributed by atoms with van der Waals surface area (Å²) in [5, 5.41) is 10.0. The second kappa shape index (κ2) is 9.96. The van der Waals surface area contributed by atoms with E-state index in [0.717, 1.165) is 5.69 Å². The Kier molecular flexibility index (Phi) is 5.38. The van der Waals surface area contributed by atoms with Crippen molar-refractivity contribution in [2.45, 2.75) is 0 Å². The number of hydrogen-bond acceptors (Lipinski definition) is 0. The van der Waals surface area contributed by atoms with Crippen LogP contribution in [0.1, 0.15) is 0 Å². The molecule has 0 aliphatic heterocycles. The maximum Gasteiger partial charge on any atom is 0.0562 e. The van der Waals surface area contributed by atoms with E-state index in [-0.39, 0.29) is 0 Å². The lowest BCUT2D eigenvalue weighted by atomic mass is 10.1. The Labute approximate surface area is 282 Å². The van der Waals surface area contributed by atoms with E-state index in [4.69, 9.17) is 0 Å². The van der Waals surface area contributed by atoms with Crippen LogP contribution in [-0.4, -0.2) is 13.7 Å². The fourth-order valence-corrected chi connectivity index (χ4v) is 8.26. The Bertz CT molecular complexity index is 3100. The third kappa shape index (κ3) is 3.73. The number of rotatable bonds is 3. The van der Waals surface area contributed by atoms with Gasteiger partial charge in [-0.05, 0) is 83.6 Å². The molecule has 0 bridgehead atoms. The zero-order valence-electron chi connectivity index (χ0n) is 26.6. The molecule has 0 fully saturated rings. The lowest BCUT2D eigenvalue weighted by molar-refractivity contribution is 1.16. The van der Waals surface area contributed by atoms with Crippen molar-refractivity contribution in [2.24, 2.45) is 0 Å². The molecule has 11 rings (SSSR count). The van der Waals surface area contributed by atoms with Crippen molar-refractivity contribution < 1.29 is 0 Å². The number of fused-ring (bicyclic) bond motifs is 10. The van der Waals surface area contributed by atoms with Crippen molar-refractivity contribution in [1.82, 2.24) is 13.7 Å². The molecule has 3 aromatic heterocycles. The minimum atomic E-state index is 1.15. The van der Waals surface area contributed by atoms with Gasteiger partial charge in [0, 0.05) is 49.4 Å². The largest absolute Gasteiger partial charge is 0.309 e. The van der Waals surface area contributed by atoms with Crippen LogP contribution in [0.3, 0.4) is 0 Å². The zero-order valence-corrected chi connectivity index (χ0v) is 26.6. The van der Waals surface area contributed by atoms with Gasteiger partial charge in [-0.1, -0.05) is 103 Å². The summed E-state index contributed by atoms with van der Waals surface area (Å²) < 4.78 is 7.28. The molecule has 0 saturated carbocycles. The maximum absolute atomic E-state index is 2.46. The molecule has 0 spiro atoms. The van der Waals surface area contributed by atoms with Crippen molar-refractivity contribution in [3.05, 3.63) is 176 Å². The van der Waals surface area contributed by atoms with Crippen molar-refractivity contribution in [2.75, 3.05) is 0 Å². The number of aromatic nitrogens is 3. The number of benzene rings is 8. The second-order valence-electron chi connectivity index (χ2n) is 13.0. The Morgan fingerprint density at radius 1 is 0.224 bits per heavy atom. The van der Waals surface area contributed by atoms with Crippen LogP contribution in [0.15, 0.2) is 176 Å². The predicted octanol–water partition coefficient (Wildman–Crippen LogP) is 12.1. The smallest absolute Gasteiger partial charge is 0.0562 e. The molecule has 0 unspecified atom stereocenters. The molecular weight excluding hydrogens is 595 g/mol. The molecular formula is C46H29N3. The quantitative estimate of drug-likeness (QED) is 0.186. The first-order chi connectivity index (χ1) is 24.3. The van der Waals surface area contributed by atoms with E-state index in [9.17, 15) is 0 Å². The fraction of sp³-hybridized carbons (Fsp3) is 0. The third-order valence-corrected chi connectivity index (χ3v) is 10.4. The monoisotopic (exact) mass is 623 g/mol. The minimum Gasteiger partial charge on any atom is -0.309 e. The molecule has 228 valence electrons. The first kappa shape index (κ1) is 26.5. The van der Waals surface area contributed by atoms with Crippen molar-refractivity contribution >= 4 is 76.2 Å². The first-order valence-electron chi connectivity index (χ1n) is 16.9. The fourth-order valence-electron chi connectivity index (χ4n) is 8.26. The van der Waals surface area contributed by atoms with Crippen LogP contribution in [-0.2, 0) is 0 Å². The highest BCUT2D eigenvalue weighted by molar-refractivity contribution is 6.19. The summed E-state index contributed by atoms with van der Waals surface area (Å²) >= 11 is 0. The molecule has 11 aromatic rings. The van der Waals surface area contributed by atoms with E-state index in [1.165, 1.54) is 87.6 Å². The van der Waals surface area contributed by atoms with Crippen molar-refractivity contribution in [3.63, 3.8) is 0 Å². The van der Waals surface area contributed by atoms with E-state index >= 15 is 0 Å². The van der Waals surface area contributed by atoms with Gasteiger partial charge in [0.05, 0.1) is 33.1 Å². The van der Waals surface area contributed by atoms with Crippen LogP contribution in [0.25, 0.3) is 93.3 Å². The molecule has 0 aliphatic carbocycles. The van der Waals surface area contributed by atoms with E-state index in [1.54, 1.807) is 0 Å². The summed E-state index contributed by atoms with van der Waals surface area (Å²) in [4.78, 5) is 0. The van der Waals surface area contributed by atoms with Gasteiger partial charge in [0.15, 0.2) is 0 Å². The van der Waals surface area contributed by atoms with Crippen molar-refractivity contribution in [1.29, 1.82) is 0 Å². The normalized spacial score (nSPS) is 12.1. The van der Waals surface area contributed by atoms with Crippen molar-refractivity contribution in [3.8, 4) is 17.1 Å². The van der Waals surface area contributed by atoms with Crippen LogP contribution in [0.4, 0.5) is 0 Å². The van der Waals surface area contributed by atoms with Crippen LogP contribution >= 0.6 is 0 Å². The van der Waals surface area contributed by atoms with Gasteiger partial charge < -0.3 is 13.7 Å². The highest BCUT2D eigenvalue weighted by Gasteiger charge is 2.20. The molecule has 0 saturated heterocycles. The van der Waals surface area contributed by atoms with Gasteiger partial charge in [0.25, 0.3) is 0 Å². The average Bonchev–Trinajstić information content (AvgIpc) is 3.79. The lowest BCUT2D eigenvalue weighted by Gasteiger charge is -2.12. The van der Waals surface area contributed by atoms with Gasteiger partial charge in [-0.25, -0.2) is 0 Å². The Morgan fingerprint density at radius 2 is 0.673 bits per heavy atom. The predicted molar refractivity (Wildman–Crippen MR) is 207 cm³/mol. The highest BCUT2D eigenvalue weighted by Crippen LogP contribution is 2.41. The second-order valence-corrected chi connectivity index (χ2v) is 13.0. The number of nitrogens with zero attached hydrogens (tertiary/aromatic N) is 3. The Balaban J connectivity index is 1.22. The number of hydrogen-bond donors (Lipinski definition) is 0. The molecule has 3 heteroatoms. The van der Waals surface area contributed by atoms with Crippen LogP contribution in [0.2, 0.25) is 0 Å². The summed E-state index contributed by atoms with van der Waals surface area (Å²) in [6.07, 6.45) is 0. The van der Waals surface area contributed by atoms with Gasteiger partial charge in [0.1, 0.15) is 0 Å². The Morgan fingerprint density at radius 3 is 1.33 bits per heavy atom. The summed E-state index contributed by atoms with van der Waals surface area (Å²) in [6, 6.07) is 64.3. The maximum atomic E-state index is 2.46. The van der Waals surface area contributed by atoms with Crippen LogP contribution in [0.5, 0.6) is 0 Å². The summed E-state index contributed by atoms with van der Waals surface area (Å²) in [5.74, 6) is 0. The summed E-state index contributed by atoms with van der Waals surface area (Å²) in [7, 11) is 0. The molecule has 0 radical (unpaired) electrons.